The molecule has 9 rings (SSSR count). The molecule has 1 aromatic heterocycles. The highest BCUT2D eigenvalue weighted by atomic mass is 16.5. The Labute approximate surface area is 255 Å². The molecule has 2 nitrogen and oxygen atoms in total. The Balaban J connectivity index is 0.987. The van der Waals surface area contributed by atoms with Crippen LogP contribution in [0.1, 0.15) is 0 Å². The fourth-order valence-electron chi connectivity index (χ4n) is 6.51. The van der Waals surface area contributed by atoms with Gasteiger partial charge in [-0.15, -0.1) is 0 Å². The number of fused-ring (bicyclic) bond motifs is 3. The van der Waals surface area contributed by atoms with Crippen molar-refractivity contribution >= 4 is 21.5 Å². The van der Waals surface area contributed by atoms with Gasteiger partial charge in [0.25, 0.3) is 0 Å². The summed E-state index contributed by atoms with van der Waals surface area (Å²) >= 11 is 0. The molecule has 0 bridgehead atoms. The van der Waals surface area contributed by atoms with Crippen LogP contribution in [0.3, 0.4) is 0 Å². The van der Waals surface area contributed by atoms with Crippen LogP contribution in [0.4, 0.5) is 0 Å². The van der Waals surface area contributed by atoms with Crippen molar-refractivity contribution in [1.29, 1.82) is 0 Å². The molecule has 0 saturated heterocycles. The lowest BCUT2D eigenvalue weighted by molar-refractivity contribution is 0.487. The second-order valence-corrected chi connectivity index (χ2v) is 11.3. The van der Waals surface area contributed by atoms with E-state index in [0.717, 1.165) is 45.1 Å². The highest BCUT2D eigenvalue weighted by molar-refractivity contribution is 6.04. The van der Waals surface area contributed by atoms with Gasteiger partial charge in [-0.05, 0) is 80.4 Å². The fourth-order valence-corrected chi connectivity index (χ4v) is 6.51. The number of hydrogen-bond donors (Lipinski definition) is 0. The van der Waals surface area contributed by atoms with Crippen molar-refractivity contribution in [1.82, 2.24) is 0 Å². The van der Waals surface area contributed by atoms with E-state index >= 15 is 0 Å². The zero-order chi connectivity index (χ0) is 29.0. The first-order valence-corrected chi connectivity index (χ1v) is 14.9. The monoisotopic (exact) mass is 562 g/mol. The Morgan fingerprint density at radius 3 is 1.73 bits per heavy atom. The molecule has 0 radical (unpaired) electrons. The van der Waals surface area contributed by atoms with Crippen LogP contribution in [0.15, 0.2) is 162 Å². The summed E-state index contributed by atoms with van der Waals surface area (Å²) in [6, 6.07) is 55.5. The Morgan fingerprint density at radius 2 is 0.932 bits per heavy atom. The van der Waals surface area contributed by atoms with E-state index < -0.39 is 0 Å². The molecule has 0 unspecified atom stereocenters. The maximum Gasteiger partial charge on any atom is 0.135 e. The molecule has 44 heavy (non-hydrogen) atoms. The van der Waals surface area contributed by atoms with Gasteiger partial charge < -0.3 is 9.15 Å². The predicted molar refractivity (Wildman–Crippen MR) is 181 cm³/mol. The molecule has 206 valence electrons. The van der Waals surface area contributed by atoms with Gasteiger partial charge in [0.15, 0.2) is 0 Å². The van der Waals surface area contributed by atoms with Gasteiger partial charge in [0.1, 0.15) is 23.0 Å². The van der Waals surface area contributed by atoms with Crippen LogP contribution in [0.25, 0.3) is 77.6 Å². The minimum absolute atomic E-state index is 0.835. The van der Waals surface area contributed by atoms with Gasteiger partial charge in [0, 0.05) is 22.1 Å². The van der Waals surface area contributed by atoms with Crippen LogP contribution in [-0.4, -0.2) is 0 Å². The minimum Gasteiger partial charge on any atom is -0.456 e. The molecule has 0 atom stereocenters. The Bertz CT molecular complexity index is 2330. The highest BCUT2D eigenvalue weighted by Gasteiger charge is 2.21. The molecule has 2 heteroatoms. The summed E-state index contributed by atoms with van der Waals surface area (Å²) in [6.45, 7) is 0. The van der Waals surface area contributed by atoms with E-state index in [1.807, 2.05) is 18.2 Å². The van der Waals surface area contributed by atoms with Gasteiger partial charge in [-0.1, -0.05) is 121 Å². The molecule has 0 fully saturated rings. The van der Waals surface area contributed by atoms with E-state index in [9.17, 15) is 0 Å². The maximum absolute atomic E-state index is 6.39. The molecule has 1 aliphatic rings. The van der Waals surface area contributed by atoms with Crippen molar-refractivity contribution in [2.45, 2.75) is 0 Å². The SMILES string of the molecule is c1ccc2c(-c3ccc(-c4ccc(-c5ccc(-c6ccc7c(c6)-c6cccc8cccc(c68)O7)o5)cc4)cc3)cccc2c1. The van der Waals surface area contributed by atoms with Gasteiger partial charge in [-0.3, -0.25) is 0 Å². The topological polar surface area (TPSA) is 22.4 Å². The zero-order valence-corrected chi connectivity index (χ0v) is 23.8. The number of hydrogen-bond acceptors (Lipinski definition) is 2. The molecule has 0 saturated carbocycles. The van der Waals surface area contributed by atoms with Crippen LogP contribution in [-0.2, 0) is 0 Å². The highest BCUT2D eigenvalue weighted by Crippen LogP contribution is 2.47. The van der Waals surface area contributed by atoms with E-state index in [4.69, 9.17) is 9.15 Å². The summed E-state index contributed by atoms with van der Waals surface area (Å²) in [6.07, 6.45) is 0. The lowest BCUT2D eigenvalue weighted by Crippen LogP contribution is -1.97. The lowest BCUT2D eigenvalue weighted by atomic mass is 9.93. The average Bonchev–Trinajstić information content (AvgIpc) is 3.59. The van der Waals surface area contributed by atoms with E-state index in [1.165, 1.54) is 44.0 Å². The summed E-state index contributed by atoms with van der Waals surface area (Å²) in [4.78, 5) is 0. The molecule has 0 N–H and O–H groups in total. The first kappa shape index (κ1) is 24.7. The number of ether oxygens (including phenoxy) is 1. The summed E-state index contributed by atoms with van der Waals surface area (Å²) in [5.41, 5.74) is 9.19. The quantitative estimate of drug-likeness (QED) is 0.213. The molecule has 0 spiro atoms. The van der Waals surface area contributed by atoms with Crippen molar-refractivity contribution in [2.24, 2.45) is 0 Å². The van der Waals surface area contributed by atoms with Crippen molar-refractivity contribution in [3.8, 4) is 67.5 Å². The summed E-state index contributed by atoms with van der Waals surface area (Å²) in [5, 5.41) is 4.87. The lowest BCUT2D eigenvalue weighted by Gasteiger charge is -2.21. The standard InChI is InChI=1S/C42H26O2/c1-2-10-34-29(6-1)7-3-11-35(34)30-18-14-27(15-19-30)28-16-20-31(21-17-28)38-24-25-39(43-38)33-22-23-40-37(26-33)36-12-4-8-32-9-5-13-41(44-40)42(32)36/h1-26H. The fraction of sp³-hybridized carbons (Fsp3) is 0. The van der Waals surface area contributed by atoms with Crippen LogP contribution < -0.4 is 4.74 Å². The summed E-state index contributed by atoms with van der Waals surface area (Å²) in [7, 11) is 0. The average molecular weight is 563 g/mol. The van der Waals surface area contributed by atoms with E-state index in [2.05, 4.69) is 140 Å². The van der Waals surface area contributed by atoms with Crippen molar-refractivity contribution in [3.05, 3.63) is 158 Å². The summed E-state index contributed by atoms with van der Waals surface area (Å²) in [5.74, 6) is 3.46. The molecule has 1 aliphatic heterocycles. The first-order chi connectivity index (χ1) is 21.8. The maximum atomic E-state index is 6.39. The van der Waals surface area contributed by atoms with E-state index in [1.54, 1.807) is 0 Å². The molecule has 8 aromatic rings. The molecular weight excluding hydrogens is 536 g/mol. The first-order valence-electron chi connectivity index (χ1n) is 14.9. The zero-order valence-electron chi connectivity index (χ0n) is 23.8. The van der Waals surface area contributed by atoms with E-state index in [0.29, 0.717) is 0 Å². The minimum atomic E-state index is 0.835. The smallest absolute Gasteiger partial charge is 0.135 e. The number of furan rings is 1. The van der Waals surface area contributed by atoms with Gasteiger partial charge in [0.05, 0.1) is 0 Å². The molecular formula is C42H26O2. The van der Waals surface area contributed by atoms with Gasteiger partial charge >= 0.3 is 0 Å². The largest absolute Gasteiger partial charge is 0.456 e. The van der Waals surface area contributed by atoms with Crippen molar-refractivity contribution < 1.29 is 9.15 Å². The van der Waals surface area contributed by atoms with Gasteiger partial charge in [-0.2, -0.15) is 0 Å². The number of rotatable bonds is 4. The second kappa shape index (κ2) is 9.86. The second-order valence-electron chi connectivity index (χ2n) is 11.3. The Morgan fingerprint density at radius 1 is 0.341 bits per heavy atom. The van der Waals surface area contributed by atoms with Crippen LogP contribution in [0, 0.1) is 0 Å². The molecule has 2 heterocycles. The van der Waals surface area contributed by atoms with Crippen LogP contribution >= 0.6 is 0 Å². The van der Waals surface area contributed by atoms with E-state index in [-0.39, 0.29) is 0 Å². The van der Waals surface area contributed by atoms with Crippen molar-refractivity contribution in [2.75, 3.05) is 0 Å². The van der Waals surface area contributed by atoms with Gasteiger partial charge in [0.2, 0.25) is 0 Å². The van der Waals surface area contributed by atoms with Gasteiger partial charge in [-0.25, -0.2) is 0 Å². The van der Waals surface area contributed by atoms with Crippen LogP contribution in [0.5, 0.6) is 11.5 Å². The molecule has 0 amide bonds. The molecule has 7 aromatic carbocycles. The Kier molecular flexibility index (Phi) is 5.54. The predicted octanol–water partition coefficient (Wildman–Crippen LogP) is 12.0. The third-order valence-corrected chi connectivity index (χ3v) is 8.73. The normalized spacial score (nSPS) is 11.8. The van der Waals surface area contributed by atoms with Crippen LogP contribution in [0.2, 0.25) is 0 Å². The number of benzene rings is 7. The third-order valence-electron chi connectivity index (χ3n) is 8.73. The molecule has 0 aliphatic carbocycles. The Hall–Kier alpha value is -5.86. The third kappa shape index (κ3) is 4.04. The summed E-state index contributed by atoms with van der Waals surface area (Å²) < 4.78 is 12.7. The van der Waals surface area contributed by atoms with Crippen molar-refractivity contribution in [3.63, 3.8) is 0 Å².